The minimum Gasteiger partial charge on any atom is -0.363 e. The van der Waals surface area contributed by atoms with E-state index in [2.05, 4.69) is 28.8 Å². The van der Waals surface area contributed by atoms with Crippen molar-refractivity contribution in [1.29, 1.82) is 0 Å². The van der Waals surface area contributed by atoms with E-state index in [1.54, 1.807) is 0 Å². The molecule has 0 radical (unpaired) electrons. The third-order valence-corrected chi connectivity index (χ3v) is 2.88. The summed E-state index contributed by atoms with van der Waals surface area (Å²) < 4.78 is 0. The van der Waals surface area contributed by atoms with Crippen molar-refractivity contribution >= 4 is 17.0 Å². The average molecular weight is 247 g/mol. The van der Waals surface area contributed by atoms with Gasteiger partial charge in [0.05, 0.1) is 11.6 Å². The highest BCUT2D eigenvalue weighted by Crippen LogP contribution is 2.20. The van der Waals surface area contributed by atoms with Crippen LogP contribution in [0.4, 0.5) is 5.82 Å². The molecule has 2 rings (SSSR count). The molecule has 2 aromatic heterocycles. The summed E-state index contributed by atoms with van der Waals surface area (Å²) in [4.78, 5) is 14.2. The van der Waals surface area contributed by atoms with Gasteiger partial charge in [0.1, 0.15) is 11.6 Å². The molecule has 2 aromatic rings. The second-order valence-corrected chi connectivity index (χ2v) is 5.29. The topological polar surface area (TPSA) is 70.8 Å². The number of aromatic amines is 1. The van der Waals surface area contributed by atoms with Crippen molar-refractivity contribution in [3.05, 3.63) is 18.0 Å². The zero-order valence-corrected chi connectivity index (χ0v) is 11.4. The van der Waals surface area contributed by atoms with Gasteiger partial charge in [-0.3, -0.25) is 0 Å². The Labute approximate surface area is 107 Å². The Morgan fingerprint density at radius 1 is 1.28 bits per heavy atom. The number of nitrogens with zero attached hydrogens (tertiary/aromatic N) is 3. The van der Waals surface area contributed by atoms with Gasteiger partial charge in [-0.25, -0.2) is 9.97 Å². The maximum atomic E-state index is 6.13. The number of nitrogens with two attached hydrogens (primary N) is 1. The molecule has 0 aliphatic rings. The largest absolute Gasteiger partial charge is 0.363 e. The fourth-order valence-electron chi connectivity index (χ4n) is 1.95. The first-order chi connectivity index (χ1) is 8.47. The van der Waals surface area contributed by atoms with E-state index in [1.807, 2.05) is 31.1 Å². The van der Waals surface area contributed by atoms with Crippen LogP contribution in [0.3, 0.4) is 0 Å². The summed E-state index contributed by atoms with van der Waals surface area (Å²) in [6.45, 7) is 4.32. The Hall–Kier alpha value is -1.62. The van der Waals surface area contributed by atoms with Gasteiger partial charge in [-0.2, -0.15) is 0 Å². The van der Waals surface area contributed by atoms with Gasteiger partial charge >= 0.3 is 0 Å². The van der Waals surface area contributed by atoms with Crippen LogP contribution < -0.4 is 10.6 Å². The van der Waals surface area contributed by atoms with Crippen LogP contribution in [0.5, 0.6) is 0 Å². The SMILES string of the molecule is CC(C)CC(N)c1nc2nc(N(C)C)ccc2[nH]1. The van der Waals surface area contributed by atoms with E-state index < -0.39 is 0 Å². The van der Waals surface area contributed by atoms with Crippen LogP contribution in [0.1, 0.15) is 32.1 Å². The standard InChI is InChI=1S/C13H21N5/c1-8(2)7-9(14)12-15-10-5-6-11(18(3)4)16-13(10)17-12/h5-6,8-9H,7,14H2,1-4H3,(H,15,16,17). The Kier molecular flexibility index (Phi) is 3.52. The van der Waals surface area contributed by atoms with Crippen LogP contribution >= 0.6 is 0 Å². The first kappa shape index (κ1) is 12.8. The highest BCUT2D eigenvalue weighted by molar-refractivity contribution is 5.73. The van der Waals surface area contributed by atoms with Crippen LogP contribution in [0.2, 0.25) is 0 Å². The molecule has 2 heterocycles. The van der Waals surface area contributed by atoms with Gasteiger partial charge in [-0.15, -0.1) is 0 Å². The van der Waals surface area contributed by atoms with Crippen LogP contribution in [0, 0.1) is 5.92 Å². The molecule has 0 fully saturated rings. The quantitative estimate of drug-likeness (QED) is 0.867. The number of rotatable bonds is 4. The van der Waals surface area contributed by atoms with Crippen molar-refractivity contribution in [3.63, 3.8) is 0 Å². The summed E-state index contributed by atoms with van der Waals surface area (Å²) in [7, 11) is 3.93. The third-order valence-electron chi connectivity index (χ3n) is 2.88. The Morgan fingerprint density at radius 3 is 2.61 bits per heavy atom. The molecule has 98 valence electrons. The van der Waals surface area contributed by atoms with E-state index in [0.29, 0.717) is 5.92 Å². The van der Waals surface area contributed by atoms with Crippen molar-refractivity contribution in [3.8, 4) is 0 Å². The average Bonchev–Trinajstić information content (AvgIpc) is 2.70. The lowest BCUT2D eigenvalue weighted by molar-refractivity contribution is 0.496. The molecule has 0 spiro atoms. The number of aromatic nitrogens is 3. The molecule has 0 saturated carbocycles. The number of imidazole rings is 1. The lowest BCUT2D eigenvalue weighted by atomic mass is 10.0. The summed E-state index contributed by atoms with van der Waals surface area (Å²) in [6, 6.07) is 3.91. The lowest BCUT2D eigenvalue weighted by Crippen LogP contribution is -2.14. The van der Waals surface area contributed by atoms with Crippen molar-refractivity contribution in [2.75, 3.05) is 19.0 Å². The number of pyridine rings is 1. The molecule has 0 aliphatic carbocycles. The summed E-state index contributed by atoms with van der Waals surface area (Å²) in [5.41, 5.74) is 7.80. The number of hydrogen-bond donors (Lipinski definition) is 2. The van der Waals surface area contributed by atoms with E-state index in [9.17, 15) is 0 Å². The van der Waals surface area contributed by atoms with Crippen LogP contribution in [0.15, 0.2) is 12.1 Å². The van der Waals surface area contributed by atoms with E-state index in [4.69, 9.17) is 5.73 Å². The smallest absolute Gasteiger partial charge is 0.179 e. The monoisotopic (exact) mass is 247 g/mol. The molecular weight excluding hydrogens is 226 g/mol. The Bertz CT molecular complexity index is 529. The third kappa shape index (κ3) is 2.61. The highest BCUT2D eigenvalue weighted by Gasteiger charge is 2.13. The molecule has 1 unspecified atom stereocenters. The van der Waals surface area contributed by atoms with Gasteiger partial charge in [0.25, 0.3) is 0 Å². The number of anilines is 1. The van der Waals surface area contributed by atoms with Crippen molar-refractivity contribution in [1.82, 2.24) is 15.0 Å². The predicted octanol–water partition coefficient (Wildman–Crippen LogP) is 2.07. The van der Waals surface area contributed by atoms with E-state index >= 15 is 0 Å². The van der Waals surface area contributed by atoms with Gasteiger partial charge < -0.3 is 15.6 Å². The first-order valence-corrected chi connectivity index (χ1v) is 6.27. The maximum Gasteiger partial charge on any atom is 0.179 e. The minimum atomic E-state index is -0.0537. The Balaban J connectivity index is 2.32. The van der Waals surface area contributed by atoms with E-state index in [1.165, 1.54) is 0 Å². The molecule has 0 saturated heterocycles. The van der Waals surface area contributed by atoms with Crippen LogP contribution in [-0.2, 0) is 0 Å². The van der Waals surface area contributed by atoms with Gasteiger partial charge in [-0.05, 0) is 24.5 Å². The van der Waals surface area contributed by atoms with Gasteiger partial charge in [0.15, 0.2) is 5.65 Å². The molecular formula is C13H21N5. The van der Waals surface area contributed by atoms with Crippen LogP contribution in [0.25, 0.3) is 11.2 Å². The normalized spacial score (nSPS) is 13.2. The molecule has 3 N–H and O–H groups in total. The predicted molar refractivity (Wildman–Crippen MR) is 74.6 cm³/mol. The van der Waals surface area contributed by atoms with Gasteiger partial charge in [-0.1, -0.05) is 13.8 Å². The fourth-order valence-corrected chi connectivity index (χ4v) is 1.95. The molecule has 1 atom stereocenters. The highest BCUT2D eigenvalue weighted by atomic mass is 15.2. The second-order valence-electron chi connectivity index (χ2n) is 5.29. The molecule has 0 amide bonds. The number of nitrogens with one attached hydrogen (secondary N) is 1. The molecule has 0 aromatic carbocycles. The number of fused-ring (bicyclic) bond motifs is 1. The second kappa shape index (κ2) is 4.94. The lowest BCUT2D eigenvalue weighted by Gasteiger charge is -2.10. The summed E-state index contributed by atoms with van der Waals surface area (Å²) in [5.74, 6) is 2.28. The molecule has 0 aliphatic heterocycles. The van der Waals surface area contributed by atoms with Crippen LogP contribution in [-0.4, -0.2) is 29.0 Å². The number of H-pyrrole nitrogens is 1. The molecule has 5 heteroatoms. The van der Waals surface area contributed by atoms with Gasteiger partial charge in [0.2, 0.25) is 0 Å². The zero-order chi connectivity index (χ0) is 13.3. The summed E-state index contributed by atoms with van der Waals surface area (Å²) in [5, 5.41) is 0. The fraction of sp³-hybridized carbons (Fsp3) is 0.538. The van der Waals surface area contributed by atoms with Crippen molar-refractivity contribution in [2.45, 2.75) is 26.3 Å². The van der Waals surface area contributed by atoms with Crippen molar-refractivity contribution < 1.29 is 0 Å². The first-order valence-electron chi connectivity index (χ1n) is 6.27. The maximum absolute atomic E-state index is 6.13. The Morgan fingerprint density at radius 2 is 2.00 bits per heavy atom. The molecule has 18 heavy (non-hydrogen) atoms. The molecule has 0 bridgehead atoms. The zero-order valence-electron chi connectivity index (χ0n) is 11.4. The van der Waals surface area contributed by atoms with E-state index in [-0.39, 0.29) is 6.04 Å². The van der Waals surface area contributed by atoms with Gasteiger partial charge in [0, 0.05) is 14.1 Å². The van der Waals surface area contributed by atoms with E-state index in [0.717, 1.165) is 29.2 Å². The summed E-state index contributed by atoms with van der Waals surface area (Å²) in [6.07, 6.45) is 0.917. The summed E-state index contributed by atoms with van der Waals surface area (Å²) >= 11 is 0. The van der Waals surface area contributed by atoms with Crippen molar-refractivity contribution in [2.24, 2.45) is 11.7 Å². The minimum absolute atomic E-state index is 0.0537. The molecule has 5 nitrogen and oxygen atoms in total. The number of hydrogen-bond acceptors (Lipinski definition) is 4.